The fraction of sp³-hybridized carbons (Fsp3) is 0.500. The van der Waals surface area contributed by atoms with Gasteiger partial charge in [0.15, 0.2) is 0 Å². The summed E-state index contributed by atoms with van der Waals surface area (Å²) in [7, 11) is 0. The van der Waals surface area contributed by atoms with Crippen molar-refractivity contribution in [3.05, 3.63) is 35.4 Å². The highest BCUT2D eigenvalue weighted by Crippen LogP contribution is 2.37. The van der Waals surface area contributed by atoms with Crippen LogP contribution in [0.2, 0.25) is 0 Å². The number of aliphatic hydroxyl groups excluding tert-OH is 1. The zero-order valence-corrected chi connectivity index (χ0v) is 12.5. The van der Waals surface area contributed by atoms with Gasteiger partial charge in [-0.25, -0.2) is 8.78 Å². The summed E-state index contributed by atoms with van der Waals surface area (Å²) in [5, 5.41) is 13.0. The summed E-state index contributed by atoms with van der Waals surface area (Å²) < 4.78 is 27.1. The van der Waals surface area contributed by atoms with Gasteiger partial charge in [0, 0.05) is 19.6 Å². The Bertz CT molecular complexity index is 652. The molecule has 2 heterocycles. The van der Waals surface area contributed by atoms with Gasteiger partial charge < -0.3 is 15.3 Å². The Balaban J connectivity index is 1.87. The van der Waals surface area contributed by atoms with E-state index in [1.54, 1.807) is 0 Å². The second-order valence-corrected chi connectivity index (χ2v) is 6.17. The Morgan fingerprint density at radius 2 is 2.17 bits per heavy atom. The highest BCUT2D eigenvalue weighted by molar-refractivity contribution is 5.95. The van der Waals surface area contributed by atoms with E-state index in [1.165, 1.54) is 4.90 Å². The largest absolute Gasteiger partial charge is 0.392 e. The zero-order chi connectivity index (χ0) is 16.6. The fourth-order valence-electron chi connectivity index (χ4n) is 3.45. The number of likely N-dealkylation sites (tertiary alicyclic amines) is 1. The van der Waals surface area contributed by atoms with Crippen LogP contribution in [0.4, 0.5) is 8.78 Å². The molecule has 7 heteroatoms. The predicted molar refractivity (Wildman–Crippen MR) is 77.6 cm³/mol. The van der Waals surface area contributed by atoms with Crippen LogP contribution in [0.25, 0.3) is 0 Å². The molecule has 1 aromatic carbocycles. The number of nitrogens with one attached hydrogen (secondary N) is 1. The number of halogens is 2. The van der Waals surface area contributed by atoms with Crippen LogP contribution in [-0.2, 0) is 4.79 Å². The average molecular weight is 324 g/mol. The molecule has 1 spiro atoms. The minimum atomic E-state index is -1.06. The molecular weight excluding hydrogens is 306 g/mol. The van der Waals surface area contributed by atoms with E-state index in [4.69, 9.17) is 0 Å². The lowest BCUT2D eigenvalue weighted by atomic mass is 9.71. The summed E-state index contributed by atoms with van der Waals surface area (Å²) in [6.07, 6.45) is 0.564. The van der Waals surface area contributed by atoms with Gasteiger partial charge in [-0.05, 0) is 37.5 Å². The predicted octanol–water partition coefficient (Wildman–Crippen LogP) is 1.07. The summed E-state index contributed by atoms with van der Waals surface area (Å²) >= 11 is 0. The molecule has 5 nitrogen and oxygen atoms in total. The van der Waals surface area contributed by atoms with Gasteiger partial charge in [-0.15, -0.1) is 0 Å². The third kappa shape index (κ3) is 2.69. The van der Waals surface area contributed by atoms with E-state index in [1.807, 2.05) is 0 Å². The second-order valence-electron chi connectivity index (χ2n) is 6.17. The third-order valence-electron chi connectivity index (χ3n) is 4.77. The Morgan fingerprint density at radius 1 is 1.39 bits per heavy atom. The lowest BCUT2D eigenvalue weighted by Gasteiger charge is -2.46. The van der Waals surface area contributed by atoms with Gasteiger partial charge in [0.2, 0.25) is 5.91 Å². The van der Waals surface area contributed by atoms with Crippen LogP contribution in [0.1, 0.15) is 29.6 Å². The topological polar surface area (TPSA) is 69.6 Å². The molecule has 2 aliphatic rings. The van der Waals surface area contributed by atoms with Gasteiger partial charge in [0.25, 0.3) is 5.91 Å². The van der Waals surface area contributed by atoms with Crippen LogP contribution in [0.15, 0.2) is 18.2 Å². The molecule has 0 unspecified atom stereocenters. The van der Waals surface area contributed by atoms with Crippen molar-refractivity contribution < 1.29 is 23.5 Å². The first-order valence-corrected chi connectivity index (χ1v) is 7.65. The molecule has 0 aromatic heterocycles. The number of aliphatic hydroxyl groups is 1. The number of hydrogen-bond acceptors (Lipinski definition) is 3. The van der Waals surface area contributed by atoms with E-state index in [9.17, 15) is 23.5 Å². The van der Waals surface area contributed by atoms with Crippen molar-refractivity contribution >= 4 is 11.8 Å². The van der Waals surface area contributed by atoms with Crippen LogP contribution in [0.3, 0.4) is 0 Å². The zero-order valence-electron chi connectivity index (χ0n) is 12.5. The van der Waals surface area contributed by atoms with Crippen LogP contribution >= 0.6 is 0 Å². The number of amides is 2. The summed E-state index contributed by atoms with van der Waals surface area (Å²) in [6, 6.07) is 2.71. The molecule has 2 atom stereocenters. The van der Waals surface area contributed by atoms with Gasteiger partial charge in [0.1, 0.15) is 11.6 Å². The number of benzene rings is 1. The van der Waals surface area contributed by atoms with E-state index in [-0.39, 0.29) is 31.0 Å². The van der Waals surface area contributed by atoms with E-state index in [0.29, 0.717) is 19.4 Å². The highest BCUT2D eigenvalue weighted by atomic mass is 19.1. The molecule has 0 aliphatic carbocycles. The molecule has 2 amide bonds. The van der Waals surface area contributed by atoms with Gasteiger partial charge in [0.05, 0.1) is 17.1 Å². The number of carbonyl (C=O) groups excluding carboxylic acids is 2. The molecule has 2 aliphatic heterocycles. The maximum atomic E-state index is 13.8. The smallest absolute Gasteiger partial charge is 0.256 e. The van der Waals surface area contributed by atoms with Crippen molar-refractivity contribution in [1.29, 1.82) is 0 Å². The van der Waals surface area contributed by atoms with Crippen molar-refractivity contribution in [2.24, 2.45) is 5.41 Å². The lowest BCUT2D eigenvalue weighted by molar-refractivity contribution is -0.147. The monoisotopic (exact) mass is 324 g/mol. The molecule has 0 radical (unpaired) electrons. The molecular formula is C16H18F2N2O3. The number of nitrogens with zero attached hydrogens (tertiary/aromatic N) is 1. The molecule has 2 N–H and O–H groups in total. The molecule has 23 heavy (non-hydrogen) atoms. The Hall–Kier alpha value is -2.02. The van der Waals surface area contributed by atoms with Gasteiger partial charge in [-0.3, -0.25) is 9.59 Å². The lowest BCUT2D eigenvalue weighted by Crippen LogP contribution is -2.62. The van der Waals surface area contributed by atoms with E-state index < -0.39 is 29.1 Å². The normalized spacial score (nSPS) is 27.9. The Kier molecular flexibility index (Phi) is 4.06. The van der Waals surface area contributed by atoms with Crippen molar-refractivity contribution in [2.75, 3.05) is 19.6 Å². The maximum absolute atomic E-state index is 13.8. The summed E-state index contributed by atoms with van der Waals surface area (Å²) in [4.78, 5) is 26.1. The van der Waals surface area contributed by atoms with Crippen molar-refractivity contribution in [3.63, 3.8) is 0 Å². The summed E-state index contributed by atoms with van der Waals surface area (Å²) in [6.45, 7) is 0.750. The van der Waals surface area contributed by atoms with E-state index in [2.05, 4.69) is 5.32 Å². The molecule has 2 fully saturated rings. The molecule has 0 bridgehead atoms. The van der Waals surface area contributed by atoms with Crippen LogP contribution < -0.4 is 5.32 Å². The quantitative estimate of drug-likeness (QED) is 0.812. The van der Waals surface area contributed by atoms with Crippen molar-refractivity contribution in [1.82, 2.24) is 10.2 Å². The van der Waals surface area contributed by atoms with Gasteiger partial charge in [-0.1, -0.05) is 0 Å². The first-order valence-electron chi connectivity index (χ1n) is 7.65. The van der Waals surface area contributed by atoms with Crippen LogP contribution in [0.5, 0.6) is 0 Å². The number of piperidine rings is 2. The van der Waals surface area contributed by atoms with Gasteiger partial charge >= 0.3 is 0 Å². The summed E-state index contributed by atoms with van der Waals surface area (Å²) in [5.41, 5.74) is -1.41. The third-order valence-corrected chi connectivity index (χ3v) is 4.77. The average Bonchev–Trinajstić information content (AvgIpc) is 2.54. The number of hydrogen-bond donors (Lipinski definition) is 2. The molecule has 124 valence electrons. The number of carbonyl (C=O) groups is 2. The molecule has 2 saturated heterocycles. The molecule has 1 aromatic rings. The van der Waals surface area contributed by atoms with Gasteiger partial charge in [-0.2, -0.15) is 0 Å². The molecule has 0 saturated carbocycles. The summed E-state index contributed by atoms with van der Waals surface area (Å²) in [5.74, 6) is -2.44. The van der Waals surface area contributed by atoms with Crippen LogP contribution in [0, 0.1) is 17.0 Å². The van der Waals surface area contributed by atoms with Crippen molar-refractivity contribution in [3.8, 4) is 0 Å². The first-order chi connectivity index (χ1) is 10.9. The SMILES string of the molecule is O=C(c1cc(F)ccc1F)N1CC[C@@H](O)[C@@]2(CCCNC2=O)C1. The Labute approximate surface area is 132 Å². The van der Waals surface area contributed by atoms with E-state index in [0.717, 1.165) is 18.2 Å². The Morgan fingerprint density at radius 3 is 2.91 bits per heavy atom. The second kappa shape index (κ2) is 5.88. The molecule has 3 rings (SSSR count). The first kappa shape index (κ1) is 15.9. The number of rotatable bonds is 1. The minimum absolute atomic E-state index is 0.00872. The fourth-order valence-corrected chi connectivity index (χ4v) is 3.45. The van der Waals surface area contributed by atoms with Crippen LogP contribution in [-0.4, -0.2) is 47.6 Å². The maximum Gasteiger partial charge on any atom is 0.256 e. The van der Waals surface area contributed by atoms with E-state index >= 15 is 0 Å². The standard InChI is InChI=1S/C16H18F2N2O3/c17-10-2-3-12(18)11(8-10)14(22)20-7-4-13(21)16(9-20)5-1-6-19-15(16)23/h2-3,8,13,21H,1,4-7,9H2,(H,19,23)/t13-,16-/m1/s1. The minimum Gasteiger partial charge on any atom is -0.392 e. The van der Waals surface area contributed by atoms with Crippen molar-refractivity contribution in [2.45, 2.75) is 25.4 Å². The highest BCUT2D eigenvalue weighted by Gasteiger charge is 2.50.